The zero-order valence-electron chi connectivity index (χ0n) is 10.6. The Kier molecular flexibility index (Phi) is 6.52. The third-order valence-corrected chi connectivity index (χ3v) is 2.37. The number of carbonyl (C=O) groups is 2. The van der Waals surface area contributed by atoms with Crippen LogP contribution in [0, 0.1) is 29.1 Å². The molecule has 1 N–H and O–H groups in total. The Hall–Kier alpha value is -2.01. The molecule has 0 aliphatic carbocycles. The number of ether oxygens (including phenoxy) is 1. The van der Waals surface area contributed by atoms with E-state index in [1.807, 2.05) is 6.07 Å². The van der Waals surface area contributed by atoms with Gasteiger partial charge in [-0.05, 0) is 26.7 Å². The van der Waals surface area contributed by atoms with Gasteiger partial charge in [0.2, 0.25) is 0 Å². The molecule has 0 aromatic heterocycles. The van der Waals surface area contributed by atoms with E-state index < -0.39 is 23.5 Å². The molecule has 1 unspecified atom stereocenters. The second-order valence-corrected chi connectivity index (χ2v) is 4.47. The number of hydrogen-bond donors (Lipinski definition) is 1. The predicted octanol–water partition coefficient (Wildman–Crippen LogP) is 1.73. The average Bonchev–Trinajstić information content (AvgIpc) is 2.31. The molecule has 0 saturated heterocycles. The highest BCUT2D eigenvalue weighted by Crippen LogP contribution is 2.22. The van der Waals surface area contributed by atoms with E-state index in [1.165, 1.54) is 0 Å². The first-order valence-corrected chi connectivity index (χ1v) is 5.62. The quantitative estimate of drug-likeness (QED) is 0.423. The molecule has 18 heavy (non-hydrogen) atoms. The van der Waals surface area contributed by atoms with Gasteiger partial charge >= 0.3 is 11.9 Å². The van der Waals surface area contributed by atoms with Crippen molar-refractivity contribution in [2.75, 3.05) is 0 Å². The van der Waals surface area contributed by atoms with Crippen LogP contribution in [-0.4, -0.2) is 23.1 Å². The summed E-state index contributed by atoms with van der Waals surface area (Å²) in [6.45, 7) is 3.18. The molecule has 5 nitrogen and oxygen atoms in total. The Morgan fingerprint density at radius 3 is 2.39 bits per heavy atom. The minimum atomic E-state index is -0.939. The Balaban J connectivity index is 4.12. The molecule has 0 aromatic carbocycles. The molecule has 0 bridgehead atoms. The summed E-state index contributed by atoms with van der Waals surface area (Å²) < 4.78 is 5.02. The molecule has 0 amide bonds. The fourth-order valence-corrected chi connectivity index (χ4v) is 1.18. The van der Waals surface area contributed by atoms with Gasteiger partial charge in [0.1, 0.15) is 5.41 Å². The predicted molar refractivity (Wildman–Crippen MR) is 64.2 cm³/mol. The van der Waals surface area contributed by atoms with Crippen LogP contribution in [0.3, 0.4) is 0 Å². The molecule has 5 heteroatoms. The lowest BCUT2D eigenvalue weighted by Gasteiger charge is -2.23. The lowest BCUT2D eigenvalue weighted by molar-refractivity contribution is -0.150. The molecular formula is C13H17NO4. The standard InChI is InChI=1S/C13H17NO4/c1-4-10(13(2,3)9-14)18-12(17)8-6-5-7-11(15)16/h1,10H,5-8H2,2-3H3,(H,15,16). The van der Waals surface area contributed by atoms with E-state index in [-0.39, 0.29) is 12.8 Å². The minimum absolute atomic E-state index is 0.0233. The van der Waals surface area contributed by atoms with Crippen LogP contribution in [0.5, 0.6) is 0 Å². The monoisotopic (exact) mass is 251 g/mol. The van der Waals surface area contributed by atoms with Crippen LogP contribution >= 0.6 is 0 Å². The van der Waals surface area contributed by atoms with Crippen molar-refractivity contribution in [1.29, 1.82) is 5.26 Å². The van der Waals surface area contributed by atoms with E-state index in [1.54, 1.807) is 13.8 Å². The summed E-state index contributed by atoms with van der Waals surface area (Å²) in [4.78, 5) is 21.7. The highest BCUT2D eigenvalue weighted by atomic mass is 16.5. The van der Waals surface area contributed by atoms with Crippen molar-refractivity contribution >= 4 is 11.9 Å². The molecule has 0 saturated carbocycles. The number of carboxylic acid groups (broad SMARTS) is 1. The number of hydrogen-bond acceptors (Lipinski definition) is 4. The molecule has 0 aromatic rings. The van der Waals surface area contributed by atoms with Crippen LogP contribution in [-0.2, 0) is 14.3 Å². The smallest absolute Gasteiger partial charge is 0.307 e. The lowest BCUT2D eigenvalue weighted by atomic mass is 9.89. The molecule has 0 radical (unpaired) electrons. The van der Waals surface area contributed by atoms with Crippen LogP contribution in [0.15, 0.2) is 0 Å². The van der Waals surface area contributed by atoms with Crippen LogP contribution in [0.25, 0.3) is 0 Å². The maximum Gasteiger partial charge on any atom is 0.307 e. The summed E-state index contributed by atoms with van der Waals surface area (Å²) in [5.41, 5.74) is -0.939. The normalized spacial score (nSPS) is 12.0. The molecular weight excluding hydrogens is 234 g/mol. The third-order valence-electron chi connectivity index (χ3n) is 2.37. The van der Waals surface area contributed by atoms with Crippen LogP contribution in [0.4, 0.5) is 0 Å². The number of aliphatic carboxylic acids is 1. The van der Waals surface area contributed by atoms with Gasteiger partial charge in [0, 0.05) is 12.8 Å². The van der Waals surface area contributed by atoms with E-state index in [0.29, 0.717) is 12.8 Å². The summed E-state index contributed by atoms with van der Waals surface area (Å²) in [6, 6.07) is 1.98. The van der Waals surface area contributed by atoms with Gasteiger partial charge in [0.25, 0.3) is 0 Å². The Labute approximate surface area is 107 Å². The van der Waals surface area contributed by atoms with E-state index in [4.69, 9.17) is 21.5 Å². The lowest BCUT2D eigenvalue weighted by Crippen LogP contribution is -2.31. The highest BCUT2D eigenvalue weighted by molar-refractivity contribution is 5.70. The Morgan fingerprint density at radius 2 is 1.94 bits per heavy atom. The van der Waals surface area contributed by atoms with Gasteiger partial charge in [-0.15, -0.1) is 6.42 Å². The fraction of sp³-hybridized carbons (Fsp3) is 0.615. The van der Waals surface area contributed by atoms with Crippen molar-refractivity contribution in [3.8, 4) is 18.4 Å². The van der Waals surface area contributed by atoms with E-state index in [0.717, 1.165) is 0 Å². The molecule has 0 aliphatic heterocycles. The van der Waals surface area contributed by atoms with E-state index in [2.05, 4.69) is 5.92 Å². The summed E-state index contributed by atoms with van der Waals surface area (Å²) in [5.74, 6) is 0.872. The maximum absolute atomic E-state index is 11.4. The molecule has 0 heterocycles. The van der Waals surface area contributed by atoms with Crippen molar-refractivity contribution in [2.45, 2.75) is 45.6 Å². The van der Waals surface area contributed by atoms with Crippen molar-refractivity contribution in [2.24, 2.45) is 5.41 Å². The Bertz CT molecular complexity index is 387. The molecule has 0 aliphatic rings. The third kappa shape index (κ3) is 5.91. The number of nitriles is 1. The van der Waals surface area contributed by atoms with Gasteiger partial charge in [-0.1, -0.05) is 5.92 Å². The van der Waals surface area contributed by atoms with E-state index in [9.17, 15) is 9.59 Å². The topological polar surface area (TPSA) is 87.4 Å². The number of esters is 1. The number of nitrogens with zero attached hydrogens (tertiary/aromatic N) is 1. The van der Waals surface area contributed by atoms with Gasteiger partial charge in [0.05, 0.1) is 6.07 Å². The number of rotatable bonds is 7. The molecule has 0 fully saturated rings. The van der Waals surface area contributed by atoms with Crippen molar-refractivity contribution < 1.29 is 19.4 Å². The van der Waals surface area contributed by atoms with Crippen LogP contribution in [0.2, 0.25) is 0 Å². The number of carboxylic acids is 1. The molecule has 1 atom stereocenters. The van der Waals surface area contributed by atoms with Gasteiger partial charge in [-0.3, -0.25) is 9.59 Å². The molecule has 98 valence electrons. The zero-order valence-corrected chi connectivity index (χ0v) is 10.6. The van der Waals surface area contributed by atoms with Gasteiger partial charge in [0.15, 0.2) is 6.10 Å². The largest absolute Gasteiger partial charge is 0.481 e. The van der Waals surface area contributed by atoms with Gasteiger partial charge < -0.3 is 9.84 Å². The number of unbranched alkanes of at least 4 members (excludes halogenated alkanes) is 1. The van der Waals surface area contributed by atoms with E-state index >= 15 is 0 Å². The van der Waals surface area contributed by atoms with Crippen LogP contribution < -0.4 is 0 Å². The Morgan fingerprint density at radius 1 is 1.39 bits per heavy atom. The van der Waals surface area contributed by atoms with Gasteiger partial charge in [-0.25, -0.2) is 0 Å². The first-order valence-electron chi connectivity index (χ1n) is 5.62. The first kappa shape index (κ1) is 16.0. The summed E-state index contributed by atoms with van der Waals surface area (Å²) in [5, 5.41) is 17.3. The number of carbonyl (C=O) groups excluding carboxylic acids is 1. The number of terminal acetylenes is 1. The molecule has 0 rings (SSSR count). The van der Waals surface area contributed by atoms with Crippen molar-refractivity contribution in [1.82, 2.24) is 0 Å². The molecule has 0 spiro atoms. The second kappa shape index (κ2) is 7.34. The summed E-state index contributed by atoms with van der Waals surface area (Å²) in [7, 11) is 0. The second-order valence-electron chi connectivity index (χ2n) is 4.47. The SMILES string of the molecule is C#CC(OC(=O)CCCCC(=O)O)C(C)(C)C#N. The van der Waals surface area contributed by atoms with Crippen LogP contribution in [0.1, 0.15) is 39.5 Å². The first-order chi connectivity index (χ1) is 8.33. The summed E-state index contributed by atoms with van der Waals surface area (Å²) >= 11 is 0. The zero-order chi connectivity index (χ0) is 14.2. The van der Waals surface area contributed by atoms with Crippen molar-refractivity contribution in [3.05, 3.63) is 0 Å². The minimum Gasteiger partial charge on any atom is -0.481 e. The average molecular weight is 251 g/mol. The summed E-state index contributed by atoms with van der Waals surface area (Å²) in [6.07, 6.45) is 5.29. The van der Waals surface area contributed by atoms with Gasteiger partial charge in [-0.2, -0.15) is 5.26 Å². The highest BCUT2D eigenvalue weighted by Gasteiger charge is 2.31. The fourth-order valence-electron chi connectivity index (χ4n) is 1.18. The van der Waals surface area contributed by atoms with Crippen molar-refractivity contribution in [3.63, 3.8) is 0 Å². The maximum atomic E-state index is 11.4.